The van der Waals surface area contributed by atoms with Crippen LogP contribution in [0.25, 0.3) is 0 Å². The van der Waals surface area contributed by atoms with E-state index in [4.69, 9.17) is 10.2 Å². The van der Waals surface area contributed by atoms with Crippen LogP contribution in [-0.4, -0.2) is 72.1 Å². The first-order valence-corrected chi connectivity index (χ1v) is 3.06. The van der Waals surface area contributed by atoms with Crippen LogP contribution in [0.3, 0.4) is 0 Å². The summed E-state index contributed by atoms with van der Waals surface area (Å²) < 4.78 is 0. The summed E-state index contributed by atoms with van der Waals surface area (Å²) in [6, 6.07) is 0. The van der Waals surface area contributed by atoms with Gasteiger partial charge in [0.15, 0.2) is 0 Å². The van der Waals surface area contributed by atoms with Gasteiger partial charge in [0.25, 0.3) is 0 Å². The van der Waals surface area contributed by atoms with Crippen LogP contribution in [0.2, 0.25) is 0 Å². The Morgan fingerprint density at radius 2 is 1.00 bits per heavy atom. The first-order valence-electron chi connectivity index (χ1n) is 3.06. The zero-order chi connectivity index (χ0) is 10.3. The number of aliphatic carboxylic acids is 2. The second kappa shape index (κ2) is 16.5. The van der Waals surface area contributed by atoms with Crippen LogP contribution in [0.5, 0.6) is 0 Å². The molecule has 0 aromatic heterocycles. The average Bonchev–Trinajstić information content (AvgIpc) is 1.88. The Labute approximate surface area is 117 Å². The molecule has 8 nitrogen and oxygen atoms in total. The van der Waals surface area contributed by atoms with Crippen LogP contribution >= 0.6 is 0 Å². The van der Waals surface area contributed by atoms with Gasteiger partial charge in [0.05, 0.1) is 24.1 Å². The van der Waals surface area contributed by atoms with E-state index in [-0.39, 0.29) is 50.0 Å². The number of carbonyl (C=O) groups is 2. The van der Waals surface area contributed by atoms with Gasteiger partial charge in [-0.25, -0.2) is 0 Å². The summed E-state index contributed by atoms with van der Waals surface area (Å²) in [5.74, 6) is -2.87. The first kappa shape index (κ1) is 29.4. The zero-order valence-corrected chi connectivity index (χ0v) is 11.0. The number of hydrogen-bond acceptors (Lipinski definition) is 8. The van der Waals surface area contributed by atoms with Gasteiger partial charge in [0, 0.05) is 0 Å². The first-order chi connectivity index (χ1) is 5.29. The molecular formula is C6H16CaN2O6. The van der Waals surface area contributed by atoms with Crippen molar-refractivity contribution >= 4 is 49.7 Å². The van der Waals surface area contributed by atoms with Gasteiger partial charge in [0.1, 0.15) is 0 Å². The predicted molar refractivity (Wildman–Crippen MR) is 49.2 cm³/mol. The molecule has 0 aromatic carbocycles. The quantitative estimate of drug-likeness (QED) is 0.359. The van der Waals surface area contributed by atoms with Crippen molar-refractivity contribution in [3.63, 3.8) is 0 Å². The normalized spacial score (nSPS) is 10.9. The Morgan fingerprint density at radius 1 is 0.933 bits per heavy atom. The summed E-state index contributed by atoms with van der Waals surface area (Å²) in [5, 5.41) is 34.6. The fraction of sp³-hybridized carbons (Fsp3) is 0.667. The van der Waals surface area contributed by atoms with Crippen molar-refractivity contribution in [2.24, 2.45) is 0 Å². The second-order valence-electron chi connectivity index (χ2n) is 1.99. The summed E-state index contributed by atoms with van der Waals surface area (Å²) in [4.78, 5) is 18.7. The third-order valence-corrected chi connectivity index (χ3v) is 0.682. The number of carboxylic acid groups (broad SMARTS) is 2. The monoisotopic (exact) mass is 252 g/mol. The second-order valence-corrected chi connectivity index (χ2v) is 1.99. The molecule has 0 amide bonds. The van der Waals surface area contributed by atoms with E-state index in [1.165, 1.54) is 0 Å². The molecule has 0 bridgehead atoms. The molecule has 0 aromatic rings. The molecule has 0 heterocycles. The molecule has 9 heteroatoms. The molecule has 0 spiro atoms. The van der Waals surface area contributed by atoms with Gasteiger partial charge in [0.2, 0.25) is 0 Å². The van der Waals surface area contributed by atoms with Gasteiger partial charge < -0.3 is 42.3 Å². The number of hydrogen-bond donors (Lipinski definition) is 4. The number of carboxylic acids is 2. The summed E-state index contributed by atoms with van der Waals surface area (Å²) in [7, 11) is 0. The maximum atomic E-state index is 9.34. The molecule has 0 radical (unpaired) electrons. The van der Waals surface area contributed by atoms with Crippen LogP contribution in [0.1, 0.15) is 13.8 Å². The van der Waals surface area contributed by atoms with E-state index in [2.05, 4.69) is 0 Å². The summed E-state index contributed by atoms with van der Waals surface area (Å²) in [6.45, 7) is 2.27. The van der Waals surface area contributed by atoms with Gasteiger partial charge in [-0.1, -0.05) is 0 Å². The molecule has 15 heavy (non-hydrogen) atoms. The minimum Gasteiger partial charge on any atom is -0.547 e. The van der Waals surface area contributed by atoms with Crippen LogP contribution in [0.15, 0.2) is 0 Å². The molecule has 0 rings (SSSR count). The zero-order valence-electron chi connectivity index (χ0n) is 8.80. The van der Waals surface area contributed by atoms with Crippen molar-refractivity contribution in [2.45, 2.75) is 26.1 Å². The van der Waals surface area contributed by atoms with Crippen molar-refractivity contribution < 1.29 is 30.0 Å². The Kier molecular flexibility index (Phi) is 32.3. The largest absolute Gasteiger partial charge is 2.00 e. The molecular weight excluding hydrogens is 236 g/mol. The Hall–Kier alpha value is 0.0397. The third kappa shape index (κ3) is 31.5. The molecule has 0 fully saturated rings. The molecule has 2 unspecified atom stereocenters. The van der Waals surface area contributed by atoms with E-state index in [0.29, 0.717) is 0 Å². The Morgan fingerprint density at radius 3 is 1.00 bits per heavy atom. The van der Waals surface area contributed by atoms with Crippen molar-refractivity contribution in [2.75, 3.05) is 0 Å². The van der Waals surface area contributed by atoms with Crippen molar-refractivity contribution in [3.8, 4) is 0 Å². The maximum Gasteiger partial charge on any atom is 2.00 e. The number of carbonyl (C=O) groups excluding carboxylic acids is 2. The van der Waals surface area contributed by atoms with E-state index in [0.717, 1.165) is 13.8 Å². The molecule has 0 saturated carbocycles. The van der Waals surface area contributed by atoms with E-state index in [1.807, 2.05) is 0 Å². The minimum atomic E-state index is -1.44. The molecule has 0 aliphatic rings. The van der Waals surface area contributed by atoms with Crippen LogP contribution < -0.4 is 22.5 Å². The van der Waals surface area contributed by atoms with Crippen LogP contribution in [-0.2, 0) is 9.59 Å². The Bertz CT molecular complexity index is 146. The molecule has 0 aliphatic carbocycles. The van der Waals surface area contributed by atoms with Crippen molar-refractivity contribution in [1.29, 1.82) is 0 Å². The number of aliphatic hydroxyl groups excluding tert-OH is 2. The van der Waals surface area contributed by atoms with Crippen LogP contribution in [0.4, 0.5) is 0 Å². The molecule has 88 valence electrons. The molecule has 2 atom stereocenters. The average molecular weight is 252 g/mol. The van der Waals surface area contributed by atoms with E-state index in [1.54, 1.807) is 0 Å². The molecule has 0 aliphatic heterocycles. The van der Waals surface area contributed by atoms with Gasteiger partial charge in [-0.15, -0.1) is 0 Å². The fourth-order valence-electron chi connectivity index (χ4n) is 0. The topological polar surface area (TPSA) is 191 Å². The van der Waals surface area contributed by atoms with Gasteiger partial charge in [-0.05, 0) is 13.8 Å². The van der Waals surface area contributed by atoms with E-state index < -0.39 is 24.1 Å². The van der Waals surface area contributed by atoms with Gasteiger partial charge >= 0.3 is 37.7 Å². The number of aliphatic hydroxyl groups is 2. The maximum absolute atomic E-state index is 9.34. The molecule has 0 saturated heterocycles. The van der Waals surface area contributed by atoms with Crippen LogP contribution in [0, 0.1) is 0 Å². The number of rotatable bonds is 2. The standard InChI is InChI=1S/2C3H6O3.Ca.2H3N/c2*1-2(4)3(5)6;;;/h2*2,4H,1H3,(H,5,6);;2*1H3/q;;+2;;/p-2. The van der Waals surface area contributed by atoms with Gasteiger partial charge in [-0.2, -0.15) is 0 Å². The smallest absolute Gasteiger partial charge is 0.547 e. The van der Waals surface area contributed by atoms with Crippen molar-refractivity contribution in [1.82, 2.24) is 12.3 Å². The predicted octanol–water partition coefficient (Wildman–Crippen LogP) is -3.82. The van der Waals surface area contributed by atoms with E-state index >= 15 is 0 Å². The van der Waals surface area contributed by atoms with Crippen molar-refractivity contribution in [3.05, 3.63) is 0 Å². The summed E-state index contributed by atoms with van der Waals surface area (Å²) in [6.07, 6.45) is -2.69. The molecule has 8 N–H and O–H groups in total. The SMILES string of the molecule is CC(O)C(=O)[O-].CC(O)C(=O)[O-].N.N.[Ca+2]. The minimum absolute atomic E-state index is 0. The van der Waals surface area contributed by atoms with Gasteiger partial charge in [-0.3, -0.25) is 0 Å². The third-order valence-electron chi connectivity index (χ3n) is 0.682. The summed E-state index contributed by atoms with van der Waals surface area (Å²) >= 11 is 0. The van der Waals surface area contributed by atoms with E-state index in [9.17, 15) is 19.8 Å². The summed E-state index contributed by atoms with van der Waals surface area (Å²) in [5.41, 5.74) is 0. The Balaban J connectivity index is -0.0000000370. The fourth-order valence-corrected chi connectivity index (χ4v) is 0.